The molecular formula is C13H18N6OS. The van der Waals surface area contributed by atoms with Crippen molar-refractivity contribution in [1.82, 2.24) is 24.6 Å². The van der Waals surface area contributed by atoms with Crippen molar-refractivity contribution in [2.45, 2.75) is 19.4 Å². The van der Waals surface area contributed by atoms with Gasteiger partial charge in [-0.15, -0.1) is 11.3 Å². The second-order valence-corrected chi connectivity index (χ2v) is 6.14. The van der Waals surface area contributed by atoms with Crippen molar-refractivity contribution in [2.75, 3.05) is 25.0 Å². The Balaban J connectivity index is 1.48. The summed E-state index contributed by atoms with van der Waals surface area (Å²) in [7, 11) is 0. The second kappa shape index (κ2) is 6.77. The highest BCUT2D eigenvalue weighted by molar-refractivity contribution is 7.13. The zero-order valence-electron chi connectivity index (χ0n) is 11.7. The quantitative estimate of drug-likeness (QED) is 0.895. The maximum Gasteiger partial charge on any atom is 0.240 e. The molecule has 1 fully saturated rings. The minimum atomic E-state index is 0.00589. The third kappa shape index (κ3) is 4.08. The van der Waals surface area contributed by atoms with Crippen LogP contribution in [-0.4, -0.2) is 50.2 Å². The first-order valence-corrected chi connectivity index (χ1v) is 7.91. The van der Waals surface area contributed by atoms with Crippen LogP contribution in [0.5, 0.6) is 0 Å². The van der Waals surface area contributed by atoms with Crippen LogP contribution in [0, 0.1) is 5.92 Å². The first-order chi connectivity index (χ1) is 10.3. The Morgan fingerprint density at radius 2 is 2.48 bits per heavy atom. The predicted molar refractivity (Wildman–Crippen MR) is 79.9 cm³/mol. The molecule has 1 unspecified atom stereocenters. The lowest BCUT2D eigenvalue weighted by atomic mass is 9.98. The number of anilines is 1. The van der Waals surface area contributed by atoms with Crippen molar-refractivity contribution in [2.24, 2.45) is 5.92 Å². The monoisotopic (exact) mass is 306 g/mol. The summed E-state index contributed by atoms with van der Waals surface area (Å²) < 4.78 is 1.86. The van der Waals surface area contributed by atoms with E-state index >= 15 is 0 Å². The summed E-state index contributed by atoms with van der Waals surface area (Å²) >= 11 is 1.44. The molecule has 21 heavy (non-hydrogen) atoms. The van der Waals surface area contributed by atoms with Crippen LogP contribution in [0.3, 0.4) is 0 Å². The molecule has 0 bridgehead atoms. The van der Waals surface area contributed by atoms with Gasteiger partial charge < -0.3 is 5.32 Å². The van der Waals surface area contributed by atoms with Crippen LogP contribution < -0.4 is 5.32 Å². The van der Waals surface area contributed by atoms with Gasteiger partial charge in [0.15, 0.2) is 5.13 Å². The Kier molecular flexibility index (Phi) is 4.56. The molecule has 112 valence electrons. The minimum Gasteiger partial charge on any atom is -0.301 e. The number of rotatable bonds is 5. The highest BCUT2D eigenvalue weighted by Crippen LogP contribution is 2.18. The van der Waals surface area contributed by atoms with E-state index in [1.54, 1.807) is 18.9 Å². The third-order valence-electron chi connectivity index (χ3n) is 3.56. The van der Waals surface area contributed by atoms with Gasteiger partial charge in [0.1, 0.15) is 12.7 Å². The van der Waals surface area contributed by atoms with E-state index in [0.29, 0.717) is 17.6 Å². The molecule has 1 aliphatic rings. The smallest absolute Gasteiger partial charge is 0.240 e. The number of likely N-dealkylation sites (tertiary alicyclic amines) is 1. The summed E-state index contributed by atoms with van der Waals surface area (Å²) in [5.74, 6) is 0.527. The van der Waals surface area contributed by atoms with Gasteiger partial charge in [0.2, 0.25) is 5.91 Å². The third-order valence-corrected chi connectivity index (χ3v) is 4.25. The largest absolute Gasteiger partial charge is 0.301 e. The van der Waals surface area contributed by atoms with Gasteiger partial charge in [0.05, 0.1) is 6.54 Å². The van der Waals surface area contributed by atoms with E-state index in [0.717, 1.165) is 26.1 Å². The Hall–Kier alpha value is -1.80. The molecule has 1 N–H and O–H groups in total. The molecule has 1 aliphatic heterocycles. The highest BCUT2D eigenvalue weighted by Gasteiger charge is 2.22. The van der Waals surface area contributed by atoms with Crippen LogP contribution in [0.25, 0.3) is 0 Å². The van der Waals surface area contributed by atoms with E-state index in [-0.39, 0.29) is 5.91 Å². The molecule has 2 aromatic rings. The van der Waals surface area contributed by atoms with Crippen LogP contribution in [0.4, 0.5) is 5.13 Å². The molecule has 0 spiro atoms. The SMILES string of the molecule is O=C(CN1CCCC(Cn2cncn2)C1)Nc1nccs1. The molecule has 3 heterocycles. The van der Waals surface area contributed by atoms with E-state index in [1.807, 2.05) is 10.1 Å². The Bertz CT molecular complexity index is 555. The molecule has 1 saturated heterocycles. The zero-order chi connectivity index (χ0) is 14.5. The van der Waals surface area contributed by atoms with Crippen molar-refractivity contribution in [1.29, 1.82) is 0 Å². The van der Waals surface area contributed by atoms with Gasteiger partial charge in [-0.3, -0.25) is 14.4 Å². The van der Waals surface area contributed by atoms with Crippen LogP contribution >= 0.6 is 11.3 Å². The van der Waals surface area contributed by atoms with Gasteiger partial charge in [-0.1, -0.05) is 0 Å². The van der Waals surface area contributed by atoms with Gasteiger partial charge in [0.25, 0.3) is 0 Å². The van der Waals surface area contributed by atoms with Gasteiger partial charge in [-0.2, -0.15) is 5.10 Å². The lowest BCUT2D eigenvalue weighted by Gasteiger charge is -2.31. The van der Waals surface area contributed by atoms with Gasteiger partial charge in [-0.05, 0) is 25.3 Å². The topological polar surface area (TPSA) is 75.9 Å². The van der Waals surface area contributed by atoms with Crippen LogP contribution in [-0.2, 0) is 11.3 Å². The number of aromatic nitrogens is 4. The molecule has 0 aromatic carbocycles. The summed E-state index contributed by atoms with van der Waals surface area (Å²) in [6.07, 6.45) is 7.28. The predicted octanol–water partition coefficient (Wildman–Crippen LogP) is 1.09. The van der Waals surface area contributed by atoms with Gasteiger partial charge in [0, 0.05) is 24.7 Å². The number of hydrogen-bond acceptors (Lipinski definition) is 6. The molecule has 2 aromatic heterocycles. The molecule has 7 nitrogen and oxygen atoms in total. The van der Waals surface area contributed by atoms with Crippen molar-refractivity contribution in [3.05, 3.63) is 24.2 Å². The summed E-state index contributed by atoms with van der Waals surface area (Å²) in [4.78, 5) is 22.2. The highest BCUT2D eigenvalue weighted by atomic mass is 32.1. The lowest BCUT2D eigenvalue weighted by Crippen LogP contribution is -2.41. The van der Waals surface area contributed by atoms with Crippen molar-refractivity contribution in [3.8, 4) is 0 Å². The molecule has 0 aliphatic carbocycles. The Morgan fingerprint density at radius 3 is 3.24 bits per heavy atom. The minimum absolute atomic E-state index is 0.00589. The van der Waals surface area contributed by atoms with Crippen molar-refractivity contribution in [3.63, 3.8) is 0 Å². The Labute approximate surface area is 127 Å². The number of carbonyl (C=O) groups excluding carboxylic acids is 1. The van der Waals surface area contributed by atoms with Gasteiger partial charge in [-0.25, -0.2) is 9.97 Å². The van der Waals surface area contributed by atoms with Crippen molar-refractivity contribution >= 4 is 22.4 Å². The molecule has 8 heteroatoms. The first-order valence-electron chi connectivity index (χ1n) is 7.04. The summed E-state index contributed by atoms with van der Waals surface area (Å²) in [5.41, 5.74) is 0. The maximum atomic E-state index is 12.0. The molecule has 3 rings (SSSR count). The summed E-state index contributed by atoms with van der Waals surface area (Å²) in [6, 6.07) is 0. The average molecular weight is 306 g/mol. The normalized spacial score (nSPS) is 19.5. The molecular weight excluding hydrogens is 288 g/mol. The molecule has 1 amide bonds. The van der Waals surface area contributed by atoms with Crippen LogP contribution in [0.15, 0.2) is 24.2 Å². The molecule has 0 radical (unpaired) electrons. The number of carbonyl (C=O) groups is 1. The fourth-order valence-electron chi connectivity index (χ4n) is 2.68. The number of thiazole rings is 1. The van der Waals surface area contributed by atoms with Gasteiger partial charge >= 0.3 is 0 Å². The fourth-order valence-corrected chi connectivity index (χ4v) is 3.23. The van der Waals surface area contributed by atoms with Crippen LogP contribution in [0.2, 0.25) is 0 Å². The van der Waals surface area contributed by atoms with E-state index < -0.39 is 0 Å². The summed E-state index contributed by atoms with van der Waals surface area (Å²) in [5, 5.41) is 9.49. The molecule has 0 saturated carbocycles. The Morgan fingerprint density at radius 1 is 1.52 bits per heavy atom. The fraction of sp³-hybridized carbons (Fsp3) is 0.538. The zero-order valence-corrected chi connectivity index (χ0v) is 12.5. The van der Waals surface area contributed by atoms with E-state index in [4.69, 9.17) is 0 Å². The number of nitrogens with zero attached hydrogens (tertiary/aromatic N) is 5. The number of hydrogen-bond donors (Lipinski definition) is 1. The van der Waals surface area contributed by atoms with E-state index in [2.05, 4.69) is 25.3 Å². The second-order valence-electron chi connectivity index (χ2n) is 5.25. The van der Waals surface area contributed by atoms with E-state index in [1.165, 1.54) is 17.8 Å². The maximum absolute atomic E-state index is 12.0. The van der Waals surface area contributed by atoms with Crippen LogP contribution in [0.1, 0.15) is 12.8 Å². The standard InChI is InChI=1S/C13H18N6OS/c20-12(17-13-15-3-5-21-13)8-18-4-1-2-11(6-18)7-19-10-14-9-16-19/h3,5,9-11H,1-2,4,6-8H2,(H,15,17,20). The summed E-state index contributed by atoms with van der Waals surface area (Å²) in [6.45, 7) is 3.18. The van der Waals surface area contributed by atoms with E-state index in [9.17, 15) is 4.79 Å². The lowest BCUT2D eigenvalue weighted by molar-refractivity contribution is -0.117. The number of piperidine rings is 1. The number of amides is 1. The first kappa shape index (κ1) is 14.2. The molecule has 1 atom stereocenters. The van der Waals surface area contributed by atoms with Crippen molar-refractivity contribution < 1.29 is 4.79 Å². The average Bonchev–Trinajstić information content (AvgIpc) is 3.12. The number of nitrogens with one attached hydrogen (secondary N) is 1.